The van der Waals surface area contributed by atoms with Crippen molar-refractivity contribution in [1.82, 2.24) is 4.72 Å². The van der Waals surface area contributed by atoms with Crippen molar-refractivity contribution in [3.8, 4) is 5.75 Å². The second-order valence-electron chi connectivity index (χ2n) is 4.04. The minimum Gasteiger partial charge on any atom is -0.404 e. The predicted octanol–water partition coefficient (Wildman–Crippen LogP) is 2.91. The van der Waals surface area contributed by atoms with Gasteiger partial charge in [-0.25, -0.2) is 8.93 Å². The molecule has 0 heterocycles. The van der Waals surface area contributed by atoms with Crippen LogP contribution in [0.25, 0.3) is 0 Å². The smallest absolute Gasteiger partial charge is 0.404 e. The van der Waals surface area contributed by atoms with Gasteiger partial charge in [0.25, 0.3) is 0 Å². The summed E-state index contributed by atoms with van der Waals surface area (Å²) in [6.45, 7) is 5.12. The van der Waals surface area contributed by atoms with E-state index in [1.54, 1.807) is 26.8 Å². The summed E-state index contributed by atoms with van der Waals surface area (Å²) in [4.78, 5) is -0.0216. The average molecular weight is 281 g/mol. The molecule has 0 aromatic heterocycles. The molecular weight excluding hydrogens is 267 g/mol. The third-order valence-electron chi connectivity index (χ3n) is 1.87. The third kappa shape index (κ3) is 4.66. The van der Waals surface area contributed by atoms with Crippen molar-refractivity contribution in [3.63, 3.8) is 0 Å². The zero-order chi connectivity index (χ0) is 13.9. The molecule has 0 amide bonds. The van der Waals surface area contributed by atoms with Crippen LogP contribution in [-0.4, -0.2) is 16.6 Å². The number of nitrogens with one attached hydrogen (secondary N) is 1. The van der Waals surface area contributed by atoms with Crippen LogP contribution in [0.3, 0.4) is 0 Å². The van der Waals surface area contributed by atoms with E-state index in [2.05, 4.69) is 9.46 Å². The van der Waals surface area contributed by atoms with E-state index in [4.69, 9.17) is 0 Å². The first-order valence-electron chi connectivity index (χ1n) is 5.23. The molecule has 1 atom stereocenters. The van der Waals surface area contributed by atoms with Gasteiger partial charge >= 0.3 is 6.36 Å². The first-order valence-corrected chi connectivity index (χ1v) is 6.38. The molecule has 0 saturated carbocycles. The lowest BCUT2D eigenvalue weighted by Gasteiger charge is -2.15. The lowest BCUT2D eigenvalue weighted by atomic mass is 10.2. The lowest BCUT2D eigenvalue weighted by molar-refractivity contribution is -0.275. The van der Waals surface area contributed by atoms with E-state index >= 15 is 0 Å². The van der Waals surface area contributed by atoms with E-state index in [1.165, 1.54) is 12.1 Å². The van der Waals surface area contributed by atoms with Gasteiger partial charge in [-0.2, -0.15) is 0 Å². The maximum atomic E-state index is 12.2. The van der Waals surface area contributed by atoms with Gasteiger partial charge in [-0.05, 0) is 38.5 Å². The normalized spacial score (nSPS) is 13.7. The zero-order valence-corrected chi connectivity index (χ0v) is 11.0. The van der Waals surface area contributed by atoms with E-state index in [0.29, 0.717) is 5.56 Å². The van der Waals surface area contributed by atoms with E-state index in [-0.39, 0.29) is 10.9 Å². The van der Waals surface area contributed by atoms with Gasteiger partial charge in [-0.1, -0.05) is 6.07 Å². The van der Waals surface area contributed by atoms with Crippen LogP contribution < -0.4 is 9.46 Å². The van der Waals surface area contributed by atoms with Crippen LogP contribution in [0.5, 0.6) is 5.75 Å². The van der Waals surface area contributed by atoms with Crippen LogP contribution in [0.4, 0.5) is 13.2 Å². The summed E-state index contributed by atoms with van der Waals surface area (Å²) in [5.74, 6) is -0.436. The molecule has 18 heavy (non-hydrogen) atoms. The van der Waals surface area contributed by atoms with E-state index in [9.17, 15) is 17.4 Å². The first-order chi connectivity index (χ1) is 8.19. The van der Waals surface area contributed by atoms with Gasteiger partial charge in [0.05, 0.1) is 4.90 Å². The minimum absolute atomic E-state index is 0.0216. The SMILES string of the molecule is Cc1ccc(S(=O)NC(C)C)c(OC(F)(F)F)c1. The van der Waals surface area contributed by atoms with Gasteiger partial charge < -0.3 is 4.74 Å². The molecule has 1 aromatic carbocycles. The van der Waals surface area contributed by atoms with E-state index in [1.807, 2.05) is 0 Å². The van der Waals surface area contributed by atoms with Crippen molar-refractivity contribution in [1.29, 1.82) is 0 Å². The molecule has 3 nitrogen and oxygen atoms in total. The van der Waals surface area contributed by atoms with Crippen LogP contribution in [0.2, 0.25) is 0 Å². The van der Waals surface area contributed by atoms with Crippen molar-refractivity contribution < 1.29 is 22.1 Å². The number of alkyl halides is 3. The number of ether oxygens (including phenoxy) is 1. The number of hydrogen-bond acceptors (Lipinski definition) is 2. The van der Waals surface area contributed by atoms with Crippen LogP contribution in [0.1, 0.15) is 19.4 Å². The zero-order valence-electron chi connectivity index (χ0n) is 10.2. The number of rotatable bonds is 4. The Morgan fingerprint density at radius 1 is 1.33 bits per heavy atom. The Hall–Kier alpha value is -1.08. The fourth-order valence-corrected chi connectivity index (χ4v) is 2.28. The average Bonchev–Trinajstić information content (AvgIpc) is 2.13. The van der Waals surface area contributed by atoms with Gasteiger partial charge in [0.1, 0.15) is 16.7 Å². The Balaban J connectivity index is 3.07. The number of aryl methyl sites for hydroxylation is 1. The maximum absolute atomic E-state index is 12.2. The topological polar surface area (TPSA) is 38.3 Å². The van der Waals surface area contributed by atoms with E-state index < -0.39 is 23.1 Å². The molecule has 1 rings (SSSR count). The molecule has 102 valence electrons. The molecule has 1 unspecified atom stereocenters. The van der Waals surface area contributed by atoms with Gasteiger partial charge in [-0.15, -0.1) is 13.2 Å². The maximum Gasteiger partial charge on any atom is 0.573 e. The highest BCUT2D eigenvalue weighted by atomic mass is 32.2. The molecule has 0 bridgehead atoms. The molecule has 0 spiro atoms. The van der Waals surface area contributed by atoms with Gasteiger partial charge in [0.2, 0.25) is 0 Å². The molecule has 1 aromatic rings. The van der Waals surface area contributed by atoms with Crippen molar-refractivity contribution >= 4 is 11.0 Å². The first kappa shape index (κ1) is 15.0. The largest absolute Gasteiger partial charge is 0.573 e. The fourth-order valence-electron chi connectivity index (χ4n) is 1.25. The Kier molecular flexibility index (Phi) is 4.75. The Bertz CT molecular complexity index is 446. The summed E-state index contributed by atoms with van der Waals surface area (Å²) in [5, 5.41) is 0. The highest BCUT2D eigenvalue weighted by molar-refractivity contribution is 7.83. The number of hydrogen-bond donors (Lipinski definition) is 1. The second kappa shape index (κ2) is 5.71. The summed E-state index contributed by atoms with van der Waals surface area (Å²) in [5.41, 5.74) is 0.597. The lowest BCUT2D eigenvalue weighted by Crippen LogP contribution is -2.26. The summed E-state index contributed by atoms with van der Waals surface area (Å²) < 4.78 is 55.1. The number of benzene rings is 1. The number of halogens is 3. The van der Waals surface area contributed by atoms with Crippen LogP contribution >= 0.6 is 0 Å². The van der Waals surface area contributed by atoms with Crippen molar-refractivity contribution in [2.75, 3.05) is 0 Å². The Morgan fingerprint density at radius 3 is 2.44 bits per heavy atom. The summed E-state index contributed by atoms with van der Waals surface area (Å²) in [6.07, 6.45) is -4.80. The standard InChI is InChI=1S/C11H14F3NO2S/c1-7(2)15-18(16)10-5-4-8(3)6-9(10)17-11(12,13)14/h4-7,15H,1-3H3. The Labute approximate surface area is 106 Å². The molecule has 0 aliphatic rings. The molecular formula is C11H14F3NO2S. The van der Waals surface area contributed by atoms with Gasteiger partial charge in [0.15, 0.2) is 0 Å². The highest BCUT2D eigenvalue weighted by Gasteiger charge is 2.32. The van der Waals surface area contributed by atoms with Crippen LogP contribution in [0, 0.1) is 6.92 Å². The quantitative estimate of drug-likeness (QED) is 0.921. The molecule has 7 heteroatoms. The van der Waals surface area contributed by atoms with Crippen molar-refractivity contribution in [2.45, 2.75) is 38.1 Å². The molecule has 1 N–H and O–H groups in total. The van der Waals surface area contributed by atoms with Gasteiger partial charge in [-0.3, -0.25) is 0 Å². The minimum atomic E-state index is -4.80. The monoisotopic (exact) mass is 281 g/mol. The molecule has 0 aliphatic heterocycles. The van der Waals surface area contributed by atoms with Crippen LogP contribution in [-0.2, 0) is 11.0 Å². The van der Waals surface area contributed by atoms with Crippen molar-refractivity contribution in [2.24, 2.45) is 0 Å². The molecule has 0 radical (unpaired) electrons. The predicted molar refractivity (Wildman–Crippen MR) is 62.5 cm³/mol. The fraction of sp³-hybridized carbons (Fsp3) is 0.455. The highest BCUT2D eigenvalue weighted by Crippen LogP contribution is 2.29. The molecule has 0 fully saturated rings. The summed E-state index contributed by atoms with van der Waals surface area (Å²) in [7, 11) is -1.74. The van der Waals surface area contributed by atoms with Gasteiger partial charge in [0, 0.05) is 6.04 Å². The third-order valence-corrected chi connectivity index (χ3v) is 3.29. The summed E-state index contributed by atoms with van der Waals surface area (Å²) >= 11 is 0. The Morgan fingerprint density at radius 2 is 1.94 bits per heavy atom. The van der Waals surface area contributed by atoms with E-state index in [0.717, 1.165) is 0 Å². The molecule has 0 aliphatic carbocycles. The molecule has 0 saturated heterocycles. The summed E-state index contributed by atoms with van der Waals surface area (Å²) in [6, 6.07) is 4.04. The van der Waals surface area contributed by atoms with Crippen molar-refractivity contribution in [3.05, 3.63) is 23.8 Å². The van der Waals surface area contributed by atoms with Crippen LogP contribution in [0.15, 0.2) is 23.1 Å². The second-order valence-corrected chi connectivity index (χ2v) is 5.25.